The Hall–Kier alpha value is 0.0700. The van der Waals surface area contributed by atoms with Crippen LogP contribution in [0.1, 0.15) is 6.92 Å². The van der Waals surface area contributed by atoms with E-state index in [2.05, 4.69) is 0 Å². The maximum Gasteiger partial charge on any atom is 0.163 e. The van der Waals surface area contributed by atoms with Gasteiger partial charge in [-0.1, -0.05) is 0 Å². The normalized spacial score (nSPS) is 24.6. The Morgan fingerprint density at radius 2 is 1.89 bits per heavy atom. The molecule has 0 radical (unpaired) electrons. The number of aliphatic hydroxyl groups is 2. The largest absolute Gasteiger partial charge is 0.777 e. The van der Waals surface area contributed by atoms with Crippen molar-refractivity contribution in [2.24, 2.45) is 0 Å². The fourth-order valence-electron chi connectivity index (χ4n) is 0.273. The highest BCUT2D eigenvalue weighted by molar-refractivity contribution is 7.50. The van der Waals surface area contributed by atoms with Crippen molar-refractivity contribution in [3.63, 3.8) is 0 Å². The number of aliphatic hydroxyl groups excluding tert-OH is 2. The number of hydrogen-bond acceptors (Lipinski definition) is 4. The molecule has 0 saturated heterocycles. The maximum absolute atomic E-state index is 9.95. The third-order valence-corrected chi connectivity index (χ3v) is 1.87. The SMILES string of the molecule is C[C@H](O)[C@@H](O)P(=O)([O-])O. The second kappa shape index (κ2) is 2.77. The van der Waals surface area contributed by atoms with Crippen molar-refractivity contribution in [2.45, 2.75) is 18.9 Å². The average Bonchev–Trinajstić information content (AvgIpc) is 1.62. The van der Waals surface area contributed by atoms with Crippen molar-refractivity contribution >= 4 is 7.60 Å². The Morgan fingerprint density at radius 1 is 1.56 bits per heavy atom. The fourth-order valence-corrected chi connectivity index (χ4v) is 0.818. The van der Waals surface area contributed by atoms with E-state index in [9.17, 15) is 9.46 Å². The van der Waals surface area contributed by atoms with Gasteiger partial charge in [0.15, 0.2) is 7.60 Å². The van der Waals surface area contributed by atoms with Crippen LogP contribution in [0.15, 0.2) is 0 Å². The molecular weight excluding hydrogens is 147 g/mol. The number of hydrogen-bond donors (Lipinski definition) is 3. The smallest absolute Gasteiger partial charge is 0.163 e. The van der Waals surface area contributed by atoms with Gasteiger partial charge in [0.05, 0.1) is 6.10 Å². The van der Waals surface area contributed by atoms with Crippen molar-refractivity contribution in [2.75, 3.05) is 0 Å². The lowest BCUT2D eigenvalue weighted by molar-refractivity contribution is -0.205. The average molecular weight is 155 g/mol. The zero-order valence-electron chi connectivity index (χ0n) is 4.76. The van der Waals surface area contributed by atoms with Crippen LogP contribution < -0.4 is 4.89 Å². The molecule has 9 heavy (non-hydrogen) atoms. The van der Waals surface area contributed by atoms with Gasteiger partial charge in [-0.05, 0) is 6.92 Å². The fraction of sp³-hybridized carbons (Fsp3) is 1.00. The van der Waals surface area contributed by atoms with E-state index in [-0.39, 0.29) is 0 Å². The summed E-state index contributed by atoms with van der Waals surface area (Å²) < 4.78 is 9.95. The molecule has 0 rings (SSSR count). The summed E-state index contributed by atoms with van der Waals surface area (Å²) in [7, 11) is -4.76. The molecule has 0 aliphatic heterocycles. The Kier molecular flexibility index (Phi) is 2.79. The molecule has 0 aromatic rings. The molecule has 56 valence electrons. The van der Waals surface area contributed by atoms with E-state index in [1.54, 1.807) is 0 Å². The Labute approximate surface area is 52.1 Å². The van der Waals surface area contributed by atoms with Crippen LogP contribution in [-0.4, -0.2) is 27.1 Å². The Balaban J connectivity index is 4.05. The van der Waals surface area contributed by atoms with E-state index < -0.39 is 19.5 Å². The molecule has 3 N–H and O–H groups in total. The van der Waals surface area contributed by atoms with Crippen LogP contribution >= 0.6 is 7.60 Å². The Bertz CT molecular complexity index is 126. The van der Waals surface area contributed by atoms with Gasteiger partial charge >= 0.3 is 0 Å². The first-order chi connectivity index (χ1) is 3.85. The molecule has 0 aliphatic rings. The van der Waals surface area contributed by atoms with Crippen LogP contribution in [0.3, 0.4) is 0 Å². The second-order valence-electron chi connectivity index (χ2n) is 1.72. The summed E-state index contributed by atoms with van der Waals surface area (Å²) in [5.41, 5.74) is 0. The topological polar surface area (TPSA) is 101 Å². The van der Waals surface area contributed by atoms with Crippen LogP contribution in [0.2, 0.25) is 0 Å². The predicted octanol–water partition coefficient (Wildman–Crippen LogP) is -1.77. The van der Waals surface area contributed by atoms with Gasteiger partial charge < -0.3 is 24.6 Å². The summed E-state index contributed by atoms with van der Waals surface area (Å²) in [6.07, 6.45) is -1.46. The van der Waals surface area contributed by atoms with Gasteiger partial charge in [0.1, 0.15) is 5.85 Å². The molecule has 0 amide bonds. The molecule has 6 heteroatoms. The molecule has 3 atom stereocenters. The standard InChI is InChI=1S/C3H9O5P/c1-2(4)3(5)9(6,7)8/h2-5H,1H3,(H2,6,7,8)/p-1/t2-,3-/m0/s1. The van der Waals surface area contributed by atoms with Gasteiger partial charge in [0, 0.05) is 0 Å². The molecule has 0 heterocycles. The second-order valence-corrected chi connectivity index (χ2v) is 3.38. The van der Waals surface area contributed by atoms with Crippen LogP contribution in [0, 0.1) is 0 Å². The van der Waals surface area contributed by atoms with Crippen molar-refractivity contribution in [1.29, 1.82) is 0 Å². The minimum absolute atomic E-state index is 1.06. The first-order valence-corrected chi connectivity index (χ1v) is 3.90. The molecule has 5 nitrogen and oxygen atoms in total. The van der Waals surface area contributed by atoms with Gasteiger partial charge in [-0.3, -0.25) is 0 Å². The molecule has 0 aromatic carbocycles. The Morgan fingerprint density at radius 3 is 1.89 bits per heavy atom. The zero-order chi connectivity index (χ0) is 7.65. The highest BCUT2D eigenvalue weighted by atomic mass is 31.2. The summed E-state index contributed by atoms with van der Waals surface area (Å²) in [5.74, 6) is -2.07. The molecule has 0 bridgehead atoms. The molecule has 0 fully saturated rings. The molecule has 0 aliphatic carbocycles. The monoisotopic (exact) mass is 155 g/mol. The van der Waals surface area contributed by atoms with E-state index in [1.165, 1.54) is 0 Å². The highest BCUT2D eigenvalue weighted by Crippen LogP contribution is 2.35. The van der Waals surface area contributed by atoms with E-state index in [0.29, 0.717) is 0 Å². The molecular formula is C3H8O5P-. The predicted molar refractivity (Wildman–Crippen MR) is 27.5 cm³/mol. The minimum atomic E-state index is -4.76. The van der Waals surface area contributed by atoms with E-state index in [1.807, 2.05) is 0 Å². The van der Waals surface area contributed by atoms with Crippen molar-refractivity contribution in [1.82, 2.24) is 0 Å². The van der Waals surface area contributed by atoms with Crippen LogP contribution in [-0.2, 0) is 4.57 Å². The van der Waals surface area contributed by atoms with Crippen molar-refractivity contribution < 1.29 is 24.6 Å². The van der Waals surface area contributed by atoms with Crippen molar-refractivity contribution in [3.8, 4) is 0 Å². The third-order valence-electron chi connectivity index (χ3n) is 0.766. The van der Waals surface area contributed by atoms with E-state index in [0.717, 1.165) is 6.92 Å². The number of rotatable bonds is 2. The van der Waals surface area contributed by atoms with E-state index in [4.69, 9.17) is 15.1 Å². The summed E-state index contributed by atoms with van der Waals surface area (Å²) in [6, 6.07) is 0. The molecule has 0 aromatic heterocycles. The summed E-state index contributed by atoms with van der Waals surface area (Å²) in [5, 5.41) is 16.8. The van der Waals surface area contributed by atoms with E-state index >= 15 is 0 Å². The first-order valence-electron chi connectivity index (χ1n) is 2.25. The summed E-state index contributed by atoms with van der Waals surface area (Å²) in [6.45, 7) is 1.06. The summed E-state index contributed by atoms with van der Waals surface area (Å²) in [4.78, 5) is 18.0. The summed E-state index contributed by atoms with van der Waals surface area (Å²) >= 11 is 0. The lowest BCUT2D eigenvalue weighted by atomic mass is 10.4. The van der Waals surface area contributed by atoms with Gasteiger partial charge in [-0.25, -0.2) is 0 Å². The third kappa shape index (κ3) is 2.93. The first kappa shape index (κ1) is 9.07. The van der Waals surface area contributed by atoms with Gasteiger partial charge in [0.2, 0.25) is 0 Å². The van der Waals surface area contributed by atoms with Crippen LogP contribution in [0.5, 0.6) is 0 Å². The van der Waals surface area contributed by atoms with Crippen molar-refractivity contribution in [3.05, 3.63) is 0 Å². The molecule has 1 unspecified atom stereocenters. The lowest BCUT2D eigenvalue weighted by Gasteiger charge is -2.23. The highest BCUT2D eigenvalue weighted by Gasteiger charge is 2.21. The molecule has 0 saturated carbocycles. The zero-order valence-corrected chi connectivity index (χ0v) is 5.65. The lowest BCUT2D eigenvalue weighted by Crippen LogP contribution is -2.27. The van der Waals surface area contributed by atoms with Gasteiger partial charge in [0.25, 0.3) is 0 Å². The van der Waals surface area contributed by atoms with Crippen LogP contribution in [0.4, 0.5) is 0 Å². The van der Waals surface area contributed by atoms with Gasteiger partial charge in [-0.2, -0.15) is 0 Å². The van der Waals surface area contributed by atoms with Crippen LogP contribution in [0.25, 0.3) is 0 Å². The van der Waals surface area contributed by atoms with Gasteiger partial charge in [-0.15, -0.1) is 0 Å². The molecule has 0 spiro atoms. The quantitative estimate of drug-likeness (QED) is 0.410. The minimum Gasteiger partial charge on any atom is -0.777 e. The maximum atomic E-state index is 9.95.